The van der Waals surface area contributed by atoms with Gasteiger partial charge in [0, 0.05) is 16.6 Å². The first-order valence-corrected chi connectivity index (χ1v) is 6.60. The maximum atomic E-state index is 11.0. The summed E-state index contributed by atoms with van der Waals surface area (Å²) in [6.07, 6.45) is 3.51. The topological polar surface area (TPSA) is 26.3 Å². The highest BCUT2D eigenvalue weighted by atomic mass is 79.9. The zero-order chi connectivity index (χ0) is 10.1. The average Bonchev–Trinajstić information content (AvgIpc) is 2.12. The van der Waals surface area contributed by atoms with Crippen molar-refractivity contribution in [2.75, 3.05) is 11.9 Å². The van der Waals surface area contributed by atoms with Crippen molar-refractivity contribution in [2.45, 2.75) is 37.4 Å². The van der Waals surface area contributed by atoms with Gasteiger partial charge in [-0.05, 0) is 12.8 Å². The lowest BCUT2D eigenvalue weighted by Crippen LogP contribution is -2.13. The lowest BCUT2D eigenvalue weighted by atomic mass is 10.3. The molecule has 0 aromatic carbocycles. The van der Waals surface area contributed by atoms with Gasteiger partial charge in [0.2, 0.25) is 0 Å². The lowest BCUT2D eigenvalue weighted by Gasteiger charge is -2.08. The van der Waals surface area contributed by atoms with Gasteiger partial charge < -0.3 is 4.74 Å². The SMILES string of the molecule is CCCC(Br)COC(=O)CCCBr. The smallest absolute Gasteiger partial charge is 0.305 e. The van der Waals surface area contributed by atoms with Gasteiger partial charge in [0.05, 0.1) is 0 Å². The Hall–Kier alpha value is 0.430. The zero-order valence-corrected chi connectivity index (χ0v) is 11.1. The van der Waals surface area contributed by atoms with Crippen LogP contribution in [0.25, 0.3) is 0 Å². The predicted octanol–water partition coefficient (Wildman–Crippen LogP) is 3.27. The van der Waals surface area contributed by atoms with Gasteiger partial charge in [-0.2, -0.15) is 0 Å². The van der Waals surface area contributed by atoms with Gasteiger partial charge >= 0.3 is 5.97 Å². The number of carbonyl (C=O) groups excluding carboxylic acids is 1. The van der Waals surface area contributed by atoms with E-state index in [9.17, 15) is 4.79 Å². The second-order valence-corrected chi connectivity index (χ2v) is 4.95. The second kappa shape index (κ2) is 9.00. The summed E-state index contributed by atoms with van der Waals surface area (Å²) in [6.45, 7) is 2.61. The van der Waals surface area contributed by atoms with Crippen molar-refractivity contribution < 1.29 is 9.53 Å². The molecule has 78 valence electrons. The molecule has 0 aromatic heterocycles. The van der Waals surface area contributed by atoms with Gasteiger partial charge in [-0.25, -0.2) is 0 Å². The highest BCUT2D eigenvalue weighted by molar-refractivity contribution is 9.09. The molecular weight excluding hydrogens is 300 g/mol. The Morgan fingerprint density at radius 2 is 2.23 bits per heavy atom. The number of alkyl halides is 2. The van der Waals surface area contributed by atoms with Crippen molar-refractivity contribution in [3.05, 3.63) is 0 Å². The molecule has 0 aliphatic carbocycles. The molecule has 0 amide bonds. The molecule has 1 unspecified atom stereocenters. The first kappa shape index (κ1) is 13.4. The van der Waals surface area contributed by atoms with Crippen LogP contribution in [0.4, 0.5) is 0 Å². The number of carbonyl (C=O) groups is 1. The maximum absolute atomic E-state index is 11.0. The Kier molecular flexibility index (Phi) is 9.30. The molecule has 0 aromatic rings. The van der Waals surface area contributed by atoms with E-state index in [1.54, 1.807) is 0 Å². The molecule has 0 saturated carbocycles. The van der Waals surface area contributed by atoms with E-state index >= 15 is 0 Å². The summed E-state index contributed by atoms with van der Waals surface area (Å²) >= 11 is 6.71. The third kappa shape index (κ3) is 8.75. The van der Waals surface area contributed by atoms with Crippen LogP contribution in [0.3, 0.4) is 0 Å². The van der Waals surface area contributed by atoms with E-state index in [0.29, 0.717) is 17.9 Å². The number of ether oxygens (including phenoxy) is 1. The third-order valence-corrected chi connectivity index (χ3v) is 2.82. The van der Waals surface area contributed by atoms with Crippen LogP contribution in [0.2, 0.25) is 0 Å². The van der Waals surface area contributed by atoms with Crippen LogP contribution < -0.4 is 0 Å². The number of rotatable bonds is 7. The molecule has 0 aliphatic heterocycles. The normalized spacial score (nSPS) is 12.5. The molecule has 2 nitrogen and oxygen atoms in total. The van der Waals surface area contributed by atoms with Crippen LogP contribution in [-0.2, 0) is 9.53 Å². The van der Waals surface area contributed by atoms with Crippen LogP contribution in [0.5, 0.6) is 0 Å². The van der Waals surface area contributed by atoms with Gasteiger partial charge in [-0.15, -0.1) is 0 Å². The second-order valence-electron chi connectivity index (χ2n) is 2.86. The average molecular weight is 316 g/mol. The number of hydrogen-bond acceptors (Lipinski definition) is 2. The molecule has 0 fully saturated rings. The van der Waals surface area contributed by atoms with E-state index in [-0.39, 0.29) is 5.97 Å². The zero-order valence-electron chi connectivity index (χ0n) is 7.89. The fourth-order valence-electron chi connectivity index (χ4n) is 0.863. The standard InChI is InChI=1S/C9H16Br2O2/c1-2-4-8(11)7-13-9(12)5-3-6-10/h8H,2-7H2,1H3. The van der Waals surface area contributed by atoms with Crippen LogP contribution in [0, 0.1) is 0 Å². The first-order valence-electron chi connectivity index (χ1n) is 4.56. The molecule has 0 rings (SSSR count). The van der Waals surface area contributed by atoms with Gasteiger partial charge in [0.1, 0.15) is 6.61 Å². The highest BCUT2D eigenvalue weighted by Crippen LogP contribution is 2.08. The molecule has 0 radical (unpaired) electrons. The molecule has 0 spiro atoms. The van der Waals surface area contributed by atoms with Gasteiger partial charge in [-0.3, -0.25) is 4.79 Å². The Labute approximate surface area is 96.7 Å². The highest BCUT2D eigenvalue weighted by Gasteiger charge is 2.07. The Balaban J connectivity index is 3.34. The minimum absolute atomic E-state index is 0.0972. The van der Waals surface area contributed by atoms with E-state index in [2.05, 4.69) is 38.8 Å². The van der Waals surface area contributed by atoms with Crippen molar-refractivity contribution in [1.82, 2.24) is 0 Å². The van der Waals surface area contributed by atoms with E-state index < -0.39 is 0 Å². The van der Waals surface area contributed by atoms with Crippen molar-refractivity contribution >= 4 is 37.8 Å². The summed E-state index contributed by atoms with van der Waals surface area (Å²) in [5.74, 6) is -0.0972. The summed E-state index contributed by atoms with van der Waals surface area (Å²) < 4.78 is 5.05. The lowest BCUT2D eigenvalue weighted by molar-refractivity contribution is -0.143. The minimum Gasteiger partial charge on any atom is -0.464 e. The van der Waals surface area contributed by atoms with Crippen LogP contribution in [0.15, 0.2) is 0 Å². The summed E-state index contributed by atoms with van der Waals surface area (Å²) in [6, 6.07) is 0. The molecule has 0 bridgehead atoms. The molecule has 0 aliphatic rings. The van der Waals surface area contributed by atoms with Crippen LogP contribution in [0.1, 0.15) is 32.6 Å². The van der Waals surface area contributed by atoms with E-state index in [0.717, 1.165) is 24.6 Å². The molecule has 0 heterocycles. The third-order valence-electron chi connectivity index (χ3n) is 1.54. The molecule has 0 saturated heterocycles. The maximum Gasteiger partial charge on any atom is 0.305 e. The number of esters is 1. The van der Waals surface area contributed by atoms with Crippen molar-refractivity contribution in [2.24, 2.45) is 0 Å². The van der Waals surface area contributed by atoms with Gasteiger partial charge in [0.25, 0.3) is 0 Å². The molecular formula is C9H16Br2O2. The summed E-state index contributed by atoms with van der Waals surface area (Å²) in [4.78, 5) is 11.4. The van der Waals surface area contributed by atoms with Crippen molar-refractivity contribution in [3.8, 4) is 0 Å². The molecule has 0 N–H and O–H groups in total. The van der Waals surface area contributed by atoms with E-state index in [1.165, 1.54) is 0 Å². The first-order chi connectivity index (χ1) is 6.20. The number of hydrogen-bond donors (Lipinski definition) is 0. The Morgan fingerprint density at radius 1 is 1.54 bits per heavy atom. The summed E-state index contributed by atoms with van der Waals surface area (Å²) in [7, 11) is 0. The quantitative estimate of drug-likeness (QED) is 0.532. The predicted molar refractivity (Wildman–Crippen MR) is 61.6 cm³/mol. The summed E-state index contributed by atoms with van der Waals surface area (Å²) in [5, 5.41) is 0.856. The van der Waals surface area contributed by atoms with E-state index in [4.69, 9.17) is 4.74 Å². The van der Waals surface area contributed by atoms with Gasteiger partial charge in [-0.1, -0.05) is 45.2 Å². The van der Waals surface area contributed by atoms with Crippen LogP contribution >= 0.6 is 31.9 Å². The van der Waals surface area contributed by atoms with Crippen LogP contribution in [-0.4, -0.2) is 22.7 Å². The van der Waals surface area contributed by atoms with E-state index in [1.807, 2.05) is 0 Å². The fraction of sp³-hybridized carbons (Fsp3) is 0.889. The monoisotopic (exact) mass is 314 g/mol. The minimum atomic E-state index is -0.0972. The van der Waals surface area contributed by atoms with Gasteiger partial charge in [0.15, 0.2) is 0 Å². The Morgan fingerprint density at radius 3 is 2.77 bits per heavy atom. The summed E-state index contributed by atoms with van der Waals surface area (Å²) in [5.41, 5.74) is 0. The number of halogens is 2. The van der Waals surface area contributed by atoms with Crippen molar-refractivity contribution in [3.63, 3.8) is 0 Å². The fourth-order valence-corrected chi connectivity index (χ4v) is 1.73. The largest absolute Gasteiger partial charge is 0.464 e. The molecule has 13 heavy (non-hydrogen) atoms. The molecule has 4 heteroatoms. The Bertz CT molecular complexity index is 140. The van der Waals surface area contributed by atoms with Crippen molar-refractivity contribution in [1.29, 1.82) is 0 Å². The molecule has 1 atom stereocenters.